The highest BCUT2D eigenvalue weighted by atomic mass is 32.1. The van der Waals surface area contributed by atoms with Crippen molar-refractivity contribution in [2.75, 3.05) is 31.9 Å². The van der Waals surface area contributed by atoms with Crippen molar-refractivity contribution >= 4 is 28.7 Å². The monoisotopic (exact) mass is 413 g/mol. The quantitative estimate of drug-likeness (QED) is 0.135. The third-order valence-corrected chi connectivity index (χ3v) is 4.68. The summed E-state index contributed by atoms with van der Waals surface area (Å²) in [4.78, 5) is 6.39. The Kier molecular flexibility index (Phi) is 11.2. The molecule has 7 nitrogen and oxygen atoms in total. The first-order chi connectivity index (χ1) is 14.0. The van der Waals surface area contributed by atoms with E-state index >= 15 is 0 Å². The maximum Gasteiger partial charge on any atom is 0.189 e. The molecule has 0 fully saturated rings. The van der Waals surface area contributed by atoms with Gasteiger partial charge in [-0.3, -0.25) is 10.4 Å². The fraction of sp³-hybridized carbons (Fsp3) is 0.429. The molecule has 0 aliphatic carbocycles. The molecule has 0 saturated carbocycles. The number of pyridine rings is 1. The molecule has 0 unspecified atom stereocenters. The van der Waals surface area contributed by atoms with Crippen LogP contribution >= 0.6 is 12.2 Å². The molecule has 0 amide bonds. The van der Waals surface area contributed by atoms with Gasteiger partial charge in [0.2, 0.25) is 0 Å². The van der Waals surface area contributed by atoms with Crippen molar-refractivity contribution in [3.8, 4) is 6.07 Å². The molecule has 0 aliphatic rings. The first-order valence-electron chi connectivity index (χ1n) is 9.74. The second-order valence-electron chi connectivity index (χ2n) is 6.26. The van der Waals surface area contributed by atoms with Crippen LogP contribution in [-0.2, 0) is 0 Å². The van der Waals surface area contributed by atoms with Crippen molar-refractivity contribution in [2.45, 2.75) is 34.1 Å². The van der Waals surface area contributed by atoms with E-state index < -0.39 is 0 Å². The van der Waals surface area contributed by atoms with E-state index in [-0.39, 0.29) is 0 Å². The molecule has 8 heteroatoms. The number of rotatable bonds is 10. The molecule has 0 bridgehead atoms. The largest absolute Gasteiger partial charge is 0.397 e. The molecular weight excluding hydrogens is 382 g/mol. The molecular formula is C21H31N7S. The lowest BCUT2D eigenvalue weighted by Gasteiger charge is -2.23. The number of hydrogen-bond donors (Lipinski definition) is 3. The van der Waals surface area contributed by atoms with Crippen LogP contribution in [0.2, 0.25) is 0 Å². The summed E-state index contributed by atoms with van der Waals surface area (Å²) in [6.07, 6.45) is 7.95. The van der Waals surface area contributed by atoms with Gasteiger partial charge in [-0.2, -0.15) is 10.4 Å². The lowest BCUT2D eigenvalue weighted by Crippen LogP contribution is -2.41. The van der Waals surface area contributed by atoms with Gasteiger partial charge in [0.15, 0.2) is 5.11 Å². The number of nitrogens with zero attached hydrogens (tertiary/aromatic N) is 4. The third kappa shape index (κ3) is 8.02. The van der Waals surface area contributed by atoms with Crippen LogP contribution in [0.1, 0.15) is 38.4 Å². The number of hydrogen-bond acceptors (Lipinski definition) is 6. The van der Waals surface area contributed by atoms with Crippen molar-refractivity contribution in [3.05, 3.63) is 47.3 Å². The van der Waals surface area contributed by atoms with Crippen LogP contribution in [0.3, 0.4) is 0 Å². The Labute approximate surface area is 179 Å². The van der Waals surface area contributed by atoms with Crippen molar-refractivity contribution in [3.63, 3.8) is 0 Å². The minimum Gasteiger partial charge on any atom is -0.397 e. The summed E-state index contributed by atoms with van der Waals surface area (Å²) in [5.74, 6) is 0. The molecule has 156 valence electrons. The minimum absolute atomic E-state index is 0.558. The number of likely N-dealkylation sites (N-methyl/N-ethyl adjacent to an activating group) is 1. The Morgan fingerprint density at radius 1 is 1.45 bits per heavy atom. The number of anilines is 1. The molecule has 1 heterocycles. The molecule has 1 rings (SSSR count). The molecule has 0 spiro atoms. The van der Waals surface area contributed by atoms with Gasteiger partial charge in [-0.25, -0.2) is 0 Å². The lowest BCUT2D eigenvalue weighted by atomic mass is 10.1. The smallest absolute Gasteiger partial charge is 0.189 e. The van der Waals surface area contributed by atoms with Gasteiger partial charge in [-0.05, 0) is 57.1 Å². The highest BCUT2D eigenvalue weighted by Crippen LogP contribution is 2.15. The normalized spacial score (nSPS) is 12.1. The van der Waals surface area contributed by atoms with Crippen LogP contribution in [-0.4, -0.2) is 46.9 Å². The number of aryl methyl sites for hydroxylation is 1. The van der Waals surface area contributed by atoms with Crippen LogP contribution in [0.5, 0.6) is 0 Å². The van der Waals surface area contributed by atoms with E-state index in [0.29, 0.717) is 35.0 Å². The fourth-order valence-electron chi connectivity index (χ4n) is 2.47. The molecule has 0 aromatic carbocycles. The van der Waals surface area contributed by atoms with Crippen LogP contribution in [0.4, 0.5) is 5.69 Å². The number of hydrazone groups is 1. The summed E-state index contributed by atoms with van der Waals surface area (Å²) in [7, 11) is 0. The average Bonchev–Trinajstić information content (AvgIpc) is 2.73. The maximum atomic E-state index is 8.86. The maximum absolute atomic E-state index is 8.86. The lowest BCUT2D eigenvalue weighted by molar-refractivity contribution is 0.427. The van der Waals surface area contributed by atoms with Crippen molar-refractivity contribution in [1.29, 1.82) is 5.26 Å². The van der Waals surface area contributed by atoms with E-state index in [1.807, 2.05) is 50.8 Å². The summed E-state index contributed by atoms with van der Waals surface area (Å²) >= 11 is 5.49. The topological polar surface area (TPSA) is 102 Å². The van der Waals surface area contributed by atoms with Crippen LogP contribution in [0.25, 0.3) is 0 Å². The van der Waals surface area contributed by atoms with E-state index in [1.165, 1.54) is 0 Å². The van der Waals surface area contributed by atoms with Gasteiger partial charge in [-0.15, -0.1) is 0 Å². The van der Waals surface area contributed by atoms with Gasteiger partial charge in [0, 0.05) is 37.9 Å². The number of aromatic nitrogens is 1. The van der Waals surface area contributed by atoms with E-state index in [9.17, 15) is 0 Å². The van der Waals surface area contributed by atoms with E-state index in [2.05, 4.69) is 26.9 Å². The Morgan fingerprint density at radius 2 is 2.21 bits per heavy atom. The highest BCUT2D eigenvalue weighted by Gasteiger charge is 2.11. The summed E-state index contributed by atoms with van der Waals surface area (Å²) < 4.78 is 0. The van der Waals surface area contributed by atoms with E-state index in [0.717, 1.165) is 30.9 Å². The first-order valence-corrected chi connectivity index (χ1v) is 10.2. The average molecular weight is 414 g/mol. The van der Waals surface area contributed by atoms with E-state index in [4.69, 9.17) is 23.2 Å². The number of nitrogens with two attached hydrogens (primary N) is 1. The number of nitrogen functional groups attached to an aromatic ring is 1. The molecule has 1 aromatic rings. The zero-order chi connectivity index (χ0) is 21.6. The summed E-state index contributed by atoms with van der Waals surface area (Å²) in [5.41, 5.74) is 12.9. The fourth-order valence-corrected chi connectivity index (χ4v) is 2.74. The SMILES string of the molecule is C/C=C(C#N)\C=C/CNCCN(CC)C(=S)N/N=C(/CC)c1nccc(C)c1N. The Hall–Kier alpha value is -2.76. The van der Waals surface area contributed by atoms with Crippen molar-refractivity contribution in [1.82, 2.24) is 20.6 Å². The first kappa shape index (κ1) is 24.3. The Morgan fingerprint density at radius 3 is 2.83 bits per heavy atom. The molecule has 4 N–H and O–H groups in total. The molecule has 1 aromatic heterocycles. The second kappa shape index (κ2) is 13.4. The predicted octanol–water partition coefficient (Wildman–Crippen LogP) is 2.90. The zero-order valence-electron chi connectivity index (χ0n) is 17.7. The summed E-state index contributed by atoms with van der Waals surface area (Å²) in [6, 6.07) is 4.00. The number of nitrogens with one attached hydrogen (secondary N) is 2. The molecule has 0 atom stereocenters. The van der Waals surface area contributed by atoms with Gasteiger partial charge >= 0.3 is 0 Å². The Balaban J connectivity index is 2.58. The van der Waals surface area contributed by atoms with Crippen LogP contribution < -0.4 is 16.5 Å². The third-order valence-electron chi connectivity index (χ3n) is 4.33. The number of nitriles is 1. The zero-order valence-corrected chi connectivity index (χ0v) is 18.5. The number of allylic oxidation sites excluding steroid dienone is 3. The molecule has 29 heavy (non-hydrogen) atoms. The van der Waals surface area contributed by atoms with E-state index in [1.54, 1.807) is 12.3 Å². The standard InChI is InChI=1S/C21H31N7S/c1-5-17(15-22)9-8-11-24-13-14-28(7-3)21(29)27-26-18(6-2)20-19(23)16(4)10-12-25-20/h5,8-10,12,24H,6-7,11,13-14,23H2,1-4H3,(H,27,29)/b9-8-,17-5+,26-18-. The number of thiocarbonyl (C=S) groups is 1. The van der Waals surface area contributed by atoms with Gasteiger partial charge < -0.3 is 16.0 Å². The molecule has 0 radical (unpaired) electrons. The molecule has 0 saturated heterocycles. The predicted molar refractivity (Wildman–Crippen MR) is 125 cm³/mol. The highest BCUT2D eigenvalue weighted by molar-refractivity contribution is 7.80. The van der Waals surface area contributed by atoms with Gasteiger partial charge in [0.1, 0.15) is 5.69 Å². The molecule has 0 aliphatic heterocycles. The van der Waals surface area contributed by atoms with Gasteiger partial charge in [-0.1, -0.05) is 19.1 Å². The van der Waals surface area contributed by atoms with Crippen LogP contribution in [0, 0.1) is 18.3 Å². The van der Waals surface area contributed by atoms with Gasteiger partial charge in [0.25, 0.3) is 0 Å². The van der Waals surface area contributed by atoms with Gasteiger partial charge in [0.05, 0.1) is 17.5 Å². The summed E-state index contributed by atoms with van der Waals surface area (Å²) in [5, 5.41) is 17.2. The summed E-state index contributed by atoms with van der Waals surface area (Å²) in [6.45, 7) is 10.8. The second-order valence-corrected chi connectivity index (χ2v) is 6.65. The Bertz CT molecular complexity index is 806. The van der Waals surface area contributed by atoms with Crippen molar-refractivity contribution < 1.29 is 0 Å². The minimum atomic E-state index is 0.558. The van der Waals surface area contributed by atoms with Crippen molar-refractivity contribution in [2.24, 2.45) is 5.10 Å². The van der Waals surface area contributed by atoms with Crippen LogP contribution in [0.15, 0.2) is 41.2 Å².